The third-order valence-electron chi connectivity index (χ3n) is 3.68. The molecule has 1 N–H and O–H groups in total. The standard InChI is InChI=1S/C14H16ClNO6S/c1-22-14(19)9-5-6-12(10(15)8-9)23(20,21)16-7-3-2-4-11(16)13(17)18/h5-6,8,11H,2-4,7H2,1H3,(H,17,18). The van der Waals surface area contributed by atoms with Gasteiger partial charge in [-0.2, -0.15) is 4.31 Å². The molecule has 1 aromatic rings. The molecule has 0 saturated carbocycles. The van der Waals surface area contributed by atoms with E-state index in [4.69, 9.17) is 11.6 Å². The van der Waals surface area contributed by atoms with E-state index in [0.717, 1.165) is 4.31 Å². The van der Waals surface area contributed by atoms with Crippen LogP contribution in [0.15, 0.2) is 23.1 Å². The van der Waals surface area contributed by atoms with Crippen molar-refractivity contribution < 1.29 is 27.9 Å². The summed E-state index contributed by atoms with van der Waals surface area (Å²) in [4.78, 5) is 22.5. The monoisotopic (exact) mass is 361 g/mol. The van der Waals surface area contributed by atoms with Crippen molar-refractivity contribution in [1.82, 2.24) is 4.31 Å². The second-order valence-corrected chi connectivity index (χ2v) is 7.37. The smallest absolute Gasteiger partial charge is 0.337 e. The van der Waals surface area contributed by atoms with Crippen molar-refractivity contribution in [3.05, 3.63) is 28.8 Å². The minimum atomic E-state index is -4.07. The molecule has 0 bridgehead atoms. The lowest BCUT2D eigenvalue weighted by atomic mass is 10.1. The van der Waals surface area contributed by atoms with E-state index >= 15 is 0 Å². The minimum Gasteiger partial charge on any atom is -0.480 e. The Labute approximate surface area is 138 Å². The number of esters is 1. The van der Waals surface area contributed by atoms with Gasteiger partial charge in [-0.25, -0.2) is 13.2 Å². The summed E-state index contributed by atoms with van der Waals surface area (Å²) in [5, 5.41) is 9.09. The van der Waals surface area contributed by atoms with Crippen LogP contribution in [0.25, 0.3) is 0 Å². The maximum Gasteiger partial charge on any atom is 0.337 e. The first-order valence-electron chi connectivity index (χ1n) is 6.91. The number of piperidine rings is 1. The van der Waals surface area contributed by atoms with Gasteiger partial charge in [0.25, 0.3) is 0 Å². The van der Waals surface area contributed by atoms with Crippen LogP contribution >= 0.6 is 11.6 Å². The van der Waals surface area contributed by atoms with Gasteiger partial charge in [0.1, 0.15) is 10.9 Å². The van der Waals surface area contributed by atoms with Gasteiger partial charge in [-0.1, -0.05) is 11.6 Å². The zero-order chi connectivity index (χ0) is 17.2. The lowest BCUT2D eigenvalue weighted by Gasteiger charge is -2.32. The SMILES string of the molecule is COC(=O)c1ccc(S(=O)(=O)N2CCCCC2C(=O)O)c(Cl)c1. The van der Waals surface area contributed by atoms with Crippen LogP contribution < -0.4 is 0 Å². The summed E-state index contributed by atoms with van der Waals surface area (Å²) in [6.45, 7) is 0.119. The van der Waals surface area contributed by atoms with Crippen LogP contribution in [0.3, 0.4) is 0 Å². The van der Waals surface area contributed by atoms with E-state index < -0.39 is 28.0 Å². The Kier molecular flexibility index (Phi) is 5.28. The molecule has 1 aliphatic heterocycles. The van der Waals surface area contributed by atoms with Gasteiger partial charge in [-0.15, -0.1) is 0 Å². The summed E-state index contributed by atoms with van der Waals surface area (Å²) in [6, 6.07) is 2.56. The Bertz CT molecular complexity index is 733. The van der Waals surface area contributed by atoms with Crippen molar-refractivity contribution in [2.45, 2.75) is 30.2 Å². The van der Waals surface area contributed by atoms with Crippen molar-refractivity contribution >= 4 is 33.6 Å². The van der Waals surface area contributed by atoms with E-state index in [2.05, 4.69) is 4.74 Å². The predicted molar refractivity (Wildman–Crippen MR) is 82.0 cm³/mol. The number of aliphatic carboxylic acids is 1. The average Bonchev–Trinajstić information content (AvgIpc) is 2.53. The highest BCUT2D eigenvalue weighted by atomic mass is 35.5. The molecule has 1 heterocycles. The molecular weight excluding hydrogens is 346 g/mol. The largest absolute Gasteiger partial charge is 0.480 e. The van der Waals surface area contributed by atoms with E-state index in [1.54, 1.807) is 0 Å². The summed E-state index contributed by atoms with van der Waals surface area (Å²) in [5.74, 6) is -1.83. The van der Waals surface area contributed by atoms with E-state index in [0.29, 0.717) is 12.8 Å². The first kappa shape index (κ1) is 17.7. The highest BCUT2D eigenvalue weighted by Crippen LogP contribution is 2.30. The van der Waals surface area contributed by atoms with Gasteiger partial charge < -0.3 is 9.84 Å². The van der Waals surface area contributed by atoms with E-state index in [9.17, 15) is 23.1 Å². The highest BCUT2D eigenvalue weighted by molar-refractivity contribution is 7.89. The molecule has 1 aromatic carbocycles. The van der Waals surface area contributed by atoms with Crippen molar-refractivity contribution in [2.24, 2.45) is 0 Å². The van der Waals surface area contributed by atoms with Gasteiger partial charge in [0.15, 0.2) is 0 Å². The first-order chi connectivity index (χ1) is 10.8. The number of hydrogen-bond acceptors (Lipinski definition) is 5. The van der Waals surface area contributed by atoms with E-state index in [1.807, 2.05) is 0 Å². The molecule has 9 heteroatoms. The number of ether oxygens (including phenoxy) is 1. The van der Waals surface area contributed by atoms with Crippen molar-refractivity contribution in [1.29, 1.82) is 0 Å². The molecule has 1 aliphatic rings. The van der Waals surface area contributed by atoms with E-state index in [1.165, 1.54) is 25.3 Å². The Morgan fingerprint density at radius 1 is 1.35 bits per heavy atom. The molecule has 1 fully saturated rings. The Hall–Kier alpha value is -1.64. The number of nitrogens with zero attached hydrogens (tertiary/aromatic N) is 1. The van der Waals surface area contributed by atoms with Crippen molar-refractivity contribution in [3.63, 3.8) is 0 Å². The summed E-state index contributed by atoms with van der Waals surface area (Å²) in [5.41, 5.74) is 0.116. The number of hydrogen-bond donors (Lipinski definition) is 1. The summed E-state index contributed by atoms with van der Waals surface area (Å²) < 4.78 is 31.0. The summed E-state index contributed by atoms with van der Waals surface area (Å²) in [6.07, 6.45) is 1.49. The molecule has 2 rings (SSSR count). The number of sulfonamides is 1. The lowest BCUT2D eigenvalue weighted by molar-refractivity contribution is -0.142. The molecule has 7 nitrogen and oxygen atoms in total. The molecule has 1 unspecified atom stereocenters. The fraction of sp³-hybridized carbons (Fsp3) is 0.429. The van der Waals surface area contributed by atoms with Crippen LogP contribution in [0.4, 0.5) is 0 Å². The Morgan fingerprint density at radius 3 is 2.61 bits per heavy atom. The molecule has 0 aromatic heterocycles. The average molecular weight is 362 g/mol. The second kappa shape index (κ2) is 6.86. The molecule has 0 spiro atoms. The number of halogens is 1. The van der Waals surface area contributed by atoms with Gasteiger partial charge >= 0.3 is 11.9 Å². The maximum absolute atomic E-state index is 12.7. The Balaban J connectivity index is 2.43. The summed E-state index contributed by atoms with van der Waals surface area (Å²) >= 11 is 6.00. The minimum absolute atomic E-state index is 0.116. The number of methoxy groups -OCH3 is 1. The summed E-state index contributed by atoms with van der Waals surface area (Å²) in [7, 11) is -2.87. The van der Waals surface area contributed by atoms with Crippen LogP contribution in [0.1, 0.15) is 29.6 Å². The van der Waals surface area contributed by atoms with Crippen molar-refractivity contribution in [2.75, 3.05) is 13.7 Å². The number of carboxylic acid groups (broad SMARTS) is 1. The fourth-order valence-electron chi connectivity index (χ4n) is 2.52. The number of carbonyl (C=O) groups is 2. The second-order valence-electron chi connectivity index (χ2n) is 5.10. The fourth-order valence-corrected chi connectivity index (χ4v) is 4.69. The lowest BCUT2D eigenvalue weighted by Crippen LogP contribution is -2.47. The molecule has 126 valence electrons. The maximum atomic E-state index is 12.7. The van der Waals surface area contributed by atoms with E-state index in [-0.39, 0.29) is 28.4 Å². The van der Waals surface area contributed by atoms with Crippen LogP contribution in [-0.2, 0) is 19.6 Å². The first-order valence-corrected chi connectivity index (χ1v) is 8.73. The third kappa shape index (κ3) is 3.49. The number of carbonyl (C=O) groups excluding carboxylic acids is 1. The molecule has 0 radical (unpaired) electrons. The van der Waals surface area contributed by atoms with Gasteiger partial charge in [-0.3, -0.25) is 4.79 Å². The molecule has 0 aliphatic carbocycles. The molecular formula is C14H16ClNO6S. The number of rotatable bonds is 4. The number of benzene rings is 1. The Morgan fingerprint density at radius 2 is 2.04 bits per heavy atom. The van der Waals surface area contributed by atoms with Crippen LogP contribution in [-0.4, -0.2) is 49.5 Å². The third-order valence-corrected chi connectivity index (χ3v) is 6.07. The van der Waals surface area contributed by atoms with Crippen LogP contribution in [0.5, 0.6) is 0 Å². The zero-order valence-corrected chi connectivity index (χ0v) is 13.9. The number of carboxylic acids is 1. The topological polar surface area (TPSA) is 101 Å². The molecule has 1 atom stereocenters. The van der Waals surface area contributed by atoms with Gasteiger partial charge in [0, 0.05) is 6.54 Å². The zero-order valence-electron chi connectivity index (χ0n) is 12.4. The van der Waals surface area contributed by atoms with Gasteiger partial charge in [0.05, 0.1) is 17.7 Å². The van der Waals surface area contributed by atoms with Crippen molar-refractivity contribution in [3.8, 4) is 0 Å². The molecule has 0 amide bonds. The van der Waals surface area contributed by atoms with Crippen LogP contribution in [0, 0.1) is 0 Å². The quantitative estimate of drug-likeness (QED) is 0.820. The normalized spacial score (nSPS) is 19.3. The van der Waals surface area contributed by atoms with Crippen LogP contribution in [0.2, 0.25) is 5.02 Å². The molecule has 23 heavy (non-hydrogen) atoms. The molecule has 1 saturated heterocycles. The predicted octanol–water partition coefficient (Wildman–Crippen LogP) is 1.75. The highest BCUT2D eigenvalue weighted by Gasteiger charge is 2.38. The van der Waals surface area contributed by atoms with Gasteiger partial charge in [0.2, 0.25) is 10.0 Å². The van der Waals surface area contributed by atoms with Gasteiger partial charge in [-0.05, 0) is 37.5 Å².